The standard InChI is InChI=1S/C12H18ClNO3S/c1-17-9-7-11-5-2-3-6-12(11)14-18(15,16)10-4-8-13/h2-3,5-6,14H,4,7-10H2,1H3. The van der Waals surface area contributed by atoms with Crippen LogP contribution in [0.1, 0.15) is 12.0 Å². The summed E-state index contributed by atoms with van der Waals surface area (Å²) >= 11 is 5.50. The summed E-state index contributed by atoms with van der Waals surface area (Å²) in [6, 6.07) is 7.32. The number of anilines is 1. The van der Waals surface area contributed by atoms with Crippen LogP contribution in [0.5, 0.6) is 0 Å². The molecule has 0 aliphatic heterocycles. The van der Waals surface area contributed by atoms with Crippen molar-refractivity contribution in [3.63, 3.8) is 0 Å². The van der Waals surface area contributed by atoms with Crippen LogP contribution in [0.4, 0.5) is 5.69 Å². The van der Waals surface area contributed by atoms with Gasteiger partial charge in [0.2, 0.25) is 10.0 Å². The van der Waals surface area contributed by atoms with Crippen molar-refractivity contribution in [2.24, 2.45) is 0 Å². The molecule has 1 rings (SSSR count). The van der Waals surface area contributed by atoms with Gasteiger partial charge >= 0.3 is 0 Å². The van der Waals surface area contributed by atoms with Gasteiger partial charge in [0.15, 0.2) is 0 Å². The largest absolute Gasteiger partial charge is 0.384 e. The van der Waals surface area contributed by atoms with Crippen molar-refractivity contribution in [2.45, 2.75) is 12.8 Å². The second-order valence-electron chi connectivity index (χ2n) is 3.86. The van der Waals surface area contributed by atoms with Crippen LogP contribution in [0.15, 0.2) is 24.3 Å². The smallest absolute Gasteiger partial charge is 0.232 e. The number of para-hydroxylation sites is 1. The summed E-state index contributed by atoms with van der Waals surface area (Å²) < 4.78 is 31.2. The quantitative estimate of drug-likeness (QED) is 0.748. The number of alkyl halides is 1. The predicted molar refractivity (Wildman–Crippen MR) is 74.8 cm³/mol. The topological polar surface area (TPSA) is 55.4 Å². The first kappa shape index (κ1) is 15.3. The minimum atomic E-state index is -3.32. The fourth-order valence-corrected chi connectivity index (χ4v) is 2.97. The zero-order valence-electron chi connectivity index (χ0n) is 10.4. The second kappa shape index (κ2) is 7.61. The Hall–Kier alpha value is -0.780. The van der Waals surface area contributed by atoms with Gasteiger partial charge in [0.25, 0.3) is 0 Å². The first-order valence-electron chi connectivity index (χ1n) is 5.72. The fourth-order valence-electron chi connectivity index (χ4n) is 1.51. The normalized spacial score (nSPS) is 11.4. The zero-order valence-corrected chi connectivity index (χ0v) is 11.9. The Morgan fingerprint density at radius 1 is 1.33 bits per heavy atom. The van der Waals surface area contributed by atoms with E-state index in [9.17, 15) is 8.42 Å². The molecular formula is C12H18ClNO3S. The van der Waals surface area contributed by atoms with Crippen molar-refractivity contribution in [1.29, 1.82) is 0 Å². The molecule has 0 aliphatic carbocycles. The molecule has 0 heterocycles. The molecule has 18 heavy (non-hydrogen) atoms. The maximum Gasteiger partial charge on any atom is 0.232 e. The van der Waals surface area contributed by atoms with Crippen molar-refractivity contribution in [2.75, 3.05) is 30.1 Å². The molecule has 0 saturated heterocycles. The summed E-state index contributed by atoms with van der Waals surface area (Å²) in [6.45, 7) is 0.556. The van der Waals surface area contributed by atoms with E-state index in [1.54, 1.807) is 19.2 Å². The van der Waals surface area contributed by atoms with Crippen LogP contribution >= 0.6 is 11.6 Å². The van der Waals surface area contributed by atoms with E-state index in [4.69, 9.17) is 16.3 Å². The van der Waals surface area contributed by atoms with Crippen LogP contribution in [0.25, 0.3) is 0 Å². The van der Waals surface area contributed by atoms with Crippen molar-refractivity contribution in [1.82, 2.24) is 0 Å². The maximum atomic E-state index is 11.8. The molecule has 102 valence electrons. The van der Waals surface area contributed by atoms with Gasteiger partial charge in [0, 0.05) is 13.0 Å². The van der Waals surface area contributed by atoms with E-state index >= 15 is 0 Å². The fraction of sp³-hybridized carbons (Fsp3) is 0.500. The Balaban J connectivity index is 2.77. The number of hydrogen-bond donors (Lipinski definition) is 1. The van der Waals surface area contributed by atoms with Crippen LogP contribution in [-0.4, -0.2) is 33.8 Å². The van der Waals surface area contributed by atoms with Gasteiger partial charge in [-0.25, -0.2) is 8.42 Å². The van der Waals surface area contributed by atoms with Crippen LogP contribution in [-0.2, 0) is 21.2 Å². The summed E-state index contributed by atoms with van der Waals surface area (Å²) in [4.78, 5) is 0. The van der Waals surface area contributed by atoms with Gasteiger partial charge in [-0.3, -0.25) is 4.72 Å². The third kappa shape index (κ3) is 5.25. The SMILES string of the molecule is COCCc1ccccc1NS(=O)(=O)CCCCl. The lowest BCUT2D eigenvalue weighted by Crippen LogP contribution is -2.18. The molecular weight excluding hydrogens is 274 g/mol. The van der Waals surface area contributed by atoms with Gasteiger partial charge in [0.05, 0.1) is 18.0 Å². The molecule has 1 N–H and O–H groups in total. The molecule has 4 nitrogen and oxygen atoms in total. The van der Waals surface area contributed by atoms with Gasteiger partial charge in [-0.1, -0.05) is 18.2 Å². The van der Waals surface area contributed by atoms with Crippen LogP contribution in [0.2, 0.25) is 0 Å². The van der Waals surface area contributed by atoms with E-state index < -0.39 is 10.0 Å². The minimum absolute atomic E-state index is 0.0368. The lowest BCUT2D eigenvalue weighted by Gasteiger charge is -2.12. The highest BCUT2D eigenvalue weighted by Gasteiger charge is 2.11. The van der Waals surface area contributed by atoms with Gasteiger partial charge in [-0.2, -0.15) is 0 Å². The van der Waals surface area contributed by atoms with Gasteiger partial charge in [-0.05, 0) is 24.5 Å². The van der Waals surface area contributed by atoms with Crippen molar-refractivity contribution < 1.29 is 13.2 Å². The summed E-state index contributed by atoms with van der Waals surface area (Å²) in [6.07, 6.45) is 1.11. The van der Waals surface area contributed by atoms with E-state index in [-0.39, 0.29) is 5.75 Å². The molecule has 0 amide bonds. The summed E-state index contributed by atoms with van der Waals surface area (Å²) in [7, 11) is -1.70. The molecule has 1 aromatic carbocycles. The first-order valence-corrected chi connectivity index (χ1v) is 7.91. The first-order chi connectivity index (χ1) is 8.59. The average molecular weight is 292 g/mol. The Labute approximate surface area is 113 Å². The second-order valence-corrected chi connectivity index (χ2v) is 6.08. The number of sulfonamides is 1. The average Bonchev–Trinajstić information content (AvgIpc) is 2.35. The molecule has 0 spiro atoms. The van der Waals surface area contributed by atoms with Crippen molar-refractivity contribution >= 4 is 27.3 Å². The van der Waals surface area contributed by atoms with Crippen molar-refractivity contribution in [3.8, 4) is 0 Å². The number of halogens is 1. The third-order valence-corrected chi connectivity index (χ3v) is 4.03. The van der Waals surface area contributed by atoms with Crippen LogP contribution < -0.4 is 4.72 Å². The molecule has 0 aromatic heterocycles. The molecule has 0 aliphatic rings. The maximum absolute atomic E-state index is 11.8. The van der Waals surface area contributed by atoms with Crippen LogP contribution in [0.3, 0.4) is 0 Å². The number of benzene rings is 1. The number of hydrogen-bond acceptors (Lipinski definition) is 3. The number of methoxy groups -OCH3 is 1. The lowest BCUT2D eigenvalue weighted by molar-refractivity contribution is 0.202. The molecule has 1 aromatic rings. The predicted octanol–water partition coefficient (Wildman–Crippen LogP) is 2.25. The zero-order chi connectivity index (χ0) is 13.4. The molecule has 6 heteroatoms. The van der Waals surface area contributed by atoms with Crippen molar-refractivity contribution in [3.05, 3.63) is 29.8 Å². The highest BCUT2D eigenvalue weighted by Crippen LogP contribution is 2.17. The molecule has 0 atom stereocenters. The van der Waals surface area contributed by atoms with E-state index in [1.807, 2.05) is 12.1 Å². The number of rotatable bonds is 8. The lowest BCUT2D eigenvalue weighted by atomic mass is 10.1. The Morgan fingerprint density at radius 2 is 2.06 bits per heavy atom. The monoisotopic (exact) mass is 291 g/mol. The molecule has 0 fully saturated rings. The minimum Gasteiger partial charge on any atom is -0.384 e. The van der Waals surface area contributed by atoms with E-state index in [2.05, 4.69) is 4.72 Å². The Kier molecular flexibility index (Phi) is 6.46. The summed E-state index contributed by atoms with van der Waals surface area (Å²) in [5.41, 5.74) is 1.54. The van der Waals surface area contributed by atoms with Gasteiger partial charge < -0.3 is 4.74 Å². The third-order valence-electron chi connectivity index (χ3n) is 2.41. The highest BCUT2D eigenvalue weighted by molar-refractivity contribution is 7.92. The summed E-state index contributed by atoms with van der Waals surface area (Å²) in [5, 5.41) is 0. The van der Waals surface area contributed by atoms with E-state index in [0.717, 1.165) is 5.56 Å². The molecule has 0 saturated carbocycles. The molecule has 0 bridgehead atoms. The molecule has 0 unspecified atom stereocenters. The molecule has 0 radical (unpaired) electrons. The summed E-state index contributed by atoms with van der Waals surface area (Å²) in [5.74, 6) is 0.376. The van der Waals surface area contributed by atoms with Crippen LogP contribution in [0, 0.1) is 0 Å². The number of nitrogens with one attached hydrogen (secondary N) is 1. The van der Waals surface area contributed by atoms with E-state index in [0.29, 0.717) is 31.0 Å². The number of ether oxygens (including phenoxy) is 1. The van der Waals surface area contributed by atoms with Gasteiger partial charge in [0.1, 0.15) is 0 Å². The highest BCUT2D eigenvalue weighted by atomic mass is 35.5. The van der Waals surface area contributed by atoms with Gasteiger partial charge in [-0.15, -0.1) is 11.6 Å². The Bertz CT molecular complexity index is 462. The van der Waals surface area contributed by atoms with E-state index in [1.165, 1.54) is 0 Å². The Morgan fingerprint density at radius 3 is 2.72 bits per heavy atom.